The molecule has 1 aromatic rings. The summed E-state index contributed by atoms with van der Waals surface area (Å²) in [6, 6.07) is 0. The third-order valence-corrected chi connectivity index (χ3v) is 4.13. The highest BCUT2D eigenvalue weighted by molar-refractivity contribution is 7.10. The van der Waals surface area contributed by atoms with E-state index in [4.69, 9.17) is 4.74 Å². The van der Waals surface area contributed by atoms with Crippen molar-refractivity contribution in [1.29, 1.82) is 0 Å². The molecule has 0 unspecified atom stereocenters. The first kappa shape index (κ1) is 13.4. The number of thiophene rings is 1. The van der Waals surface area contributed by atoms with Gasteiger partial charge in [-0.3, -0.25) is 0 Å². The summed E-state index contributed by atoms with van der Waals surface area (Å²) in [4.78, 5) is 15.1. The Kier molecular flexibility index (Phi) is 3.66. The van der Waals surface area contributed by atoms with Gasteiger partial charge in [-0.25, -0.2) is 4.79 Å². The SMILES string of the molecule is CCc1csc2c1CCN(C(=O)OC(C)(C)C)C2. The second kappa shape index (κ2) is 4.92. The summed E-state index contributed by atoms with van der Waals surface area (Å²) in [5, 5.41) is 2.23. The number of amides is 1. The number of hydrogen-bond acceptors (Lipinski definition) is 3. The van der Waals surface area contributed by atoms with Crippen molar-refractivity contribution in [3.63, 3.8) is 0 Å². The highest BCUT2D eigenvalue weighted by atomic mass is 32.1. The lowest BCUT2D eigenvalue weighted by atomic mass is 10.0. The maximum absolute atomic E-state index is 12.0. The Morgan fingerprint density at radius 1 is 1.50 bits per heavy atom. The van der Waals surface area contributed by atoms with Crippen LogP contribution in [0.3, 0.4) is 0 Å². The van der Waals surface area contributed by atoms with Crippen LogP contribution in [0.25, 0.3) is 0 Å². The summed E-state index contributed by atoms with van der Waals surface area (Å²) in [6.07, 6.45) is 1.85. The summed E-state index contributed by atoms with van der Waals surface area (Å²) in [5.41, 5.74) is 2.49. The van der Waals surface area contributed by atoms with E-state index in [2.05, 4.69) is 12.3 Å². The zero-order chi connectivity index (χ0) is 13.3. The first-order valence-corrected chi connectivity index (χ1v) is 7.34. The molecule has 1 aromatic heterocycles. The van der Waals surface area contributed by atoms with E-state index in [1.807, 2.05) is 25.7 Å². The van der Waals surface area contributed by atoms with Crippen LogP contribution in [0.15, 0.2) is 5.38 Å². The molecule has 4 heteroatoms. The molecule has 18 heavy (non-hydrogen) atoms. The zero-order valence-electron chi connectivity index (χ0n) is 11.6. The highest BCUT2D eigenvalue weighted by Crippen LogP contribution is 2.29. The Bertz CT molecular complexity index is 445. The fourth-order valence-electron chi connectivity index (χ4n) is 2.17. The number of carbonyl (C=O) groups is 1. The van der Waals surface area contributed by atoms with Crippen LogP contribution in [-0.2, 0) is 24.1 Å². The van der Waals surface area contributed by atoms with Gasteiger partial charge in [-0.2, -0.15) is 0 Å². The van der Waals surface area contributed by atoms with Crippen molar-refractivity contribution in [2.75, 3.05) is 6.54 Å². The molecule has 1 aliphatic rings. The van der Waals surface area contributed by atoms with Gasteiger partial charge in [0.2, 0.25) is 0 Å². The van der Waals surface area contributed by atoms with Crippen LogP contribution in [0, 0.1) is 0 Å². The van der Waals surface area contributed by atoms with Gasteiger partial charge in [0, 0.05) is 11.4 Å². The molecule has 3 nitrogen and oxygen atoms in total. The molecule has 0 atom stereocenters. The third kappa shape index (κ3) is 2.86. The number of hydrogen-bond donors (Lipinski definition) is 0. The van der Waals surface area contributed by atoms with E-state index in [0.717, 1.165) is 19.4 Å². The smallest absolute Gasteiger partial charge is 0.410 e. The molecule has 0 spiro atoms. The lowest BCUT2D eigenvalue weighted by Gasteiger charge is -2.30. The number of ether oxygens (including phenoxy) is 1. The van der Waals surface area contributed by atoms with Gasteiger partial charge in [-0.1, -0.05) is 6.92 Å². The van der Waals surface area contributed by atoms with Gasteiger partial charge >= 0.3 is 6.09 Å². The van der Waals surface area contributed by atoms with Crippen LogP contribution in [0.2, 0.25) is 0 Å². The molecule has 1 aliphatic heterocycles. The number of aryl methyl sites for hydroxylation is 1. The molecule has 0 N–H and O–H groups in total. The molecular weight excluding hydrogens is 246 g/mol. The van der Waals surface area contributed by atoms with Gasteiger partial charge in [0.15, 0.2) is 0 Å². The lowest BCUT2D eigenvalue weighted by Crippen LogP contribution is -2.39. The fraction of sp³-hybridized carbons (Fsp3) is 0.643. The van der Waals surface area contributed by atoms with Crippen LogP contribution in [0.5, 0.6) is 0 Å². The molecular formula is C14H21NO2S. The van der Waals surface area contributed by atoms with Crippen molar-refractivity contribution in [3.05, 3.63) is 21.4 Å². The second-order valence-corrected chi connectivity index (χ2v) is 6.63. The van der Waals surface area contributed by atoms with E-state index in [0.29, 0.717) is 6.54 Å². The van der Waals surface area contributed by atoms with Crippen molar-refractivity contribution < 1.29 is 9.53 Å². The molecule has 2 rings (SSSR count). The van der Waals surface area contributed by atoms with E-state index in [-0.39, 0.29) is 6.09 Å². The molecule has 0 aliphatic carbocycles. The van der Waals surface area contributed by atoms with E-state index in [1.165, 1.54) is 16.0 Å². The predicted molar refractivity (Wildman–Crippen MR) is 74.0 cm³/mol. The minimum Gasteiger partial charge on any atom is -0.444 e. The van der Waals surface area contributed by atoms with Gasteiger partial charge in [0.1, 0.15) is 5.60 Å². The van der Waals surface area contributed by atoms with Gasteiger partial charge in [0.05, 0.1) is 6.54 Å². The van der Waals surface area contributed by atoms with E-state index < -0.39 is 5.60 Å². The van der Waals surface area contributed by atoms with Crippen molar-refractivity contribution in [2.45, 2.75) is 52.7 Å². The Labute approximate surface area is 113 Å². The lowest BCUT2D eigenvalue weighted by molar-refractivity contribution is 0.0226. The Hall–Kier alpha value is -1.03. The minimum atomic E-state index is -0.415. The first-order chi connectivity index (χ1) is 8.40. The van der Waals surface area contributed by atoms with Crippen LogP contribution >= 0.6 is 11.3 Å². The van der Waals surface area contributed by atoms with Crippen LogP contribution in [0.4, 0.5) is 4.79 Å². The quantitative estimate of drug-likeness (QED) is 0.778. The topological polar surface area (TPSA) is 29.5 Å². The monoisotopic (exact) mass is 267 g/mol. The molecule has 0 saturated heterocycles. The Morgan fingerprint density at radius 3 is 2.83 bits per heavy atom. The summed E-state index contributed by atoms with van der Waals surface area (Å²) in [7, 11) is 0. The van der Waals surface area contributed by atoms with Crippen LogP contribution in [-0.4, -0.2) is 23.1 Å². The van der Waals surface area contributed by atoms with Crippen molar-refractivity contribution >= 4 is 17.4 Å². The summed E-state index contributed by atoms with van der Waals surface area (Å²) in [5.74, 6) is 0. The number of fused-ring (bicyclic) bond motifs is 1. The standard InChI is InChI=1S/C14H21NO2S/c1-5-10-9-18-12-8-15(7-6-11(10)12)13(16)17-14(2,3)4/h9H,5-8H2,1-4H3. The number of rotatable bonds is 1. The van der Waals surface area contributed by atoms with Gasteiger partial charge < -0.3 is 9.64 Å². The average Bonchev–Trinajstić information content (AvgIpc) is 2.68. The van der Waals surface area contributed by atoms with E-state index >= 15 is 0 Å². The molecule has 0 bridgehead atoms. The highest BCUT2D eigenvalue weighted by Gasteiger charge is 2.27. The summed E-state index contributed by atoms with van der Waals surface area (Å²) in [6.45, 7) is 9.37. The van der Waals surface area contributed by atoms with Crippen molar-refractivity contribution in [1.82, 2.24) is 4.90 Å². The molecule has 2 heterocycles. The molecule has 100 valence electrons. The minimum absolute atomic E-state index is 0.195. The second-order valence-electron chi connectivity index (χ2n) is 5.67. The largest absolute Gasteiger partial charge is 0.444 e. The average molecular weight is 267 g/mol. The molecule has 1 amide bonds. The van der Waals surface area contributed by atoms with E-state index in [9.17, 15) is 4.79 Å². The molecule has 0 saturated carbocycles. The van der Waals surface area contributed by atoms with Crippen LogP contribution in [0.1, 0.15) is 43.7 Å². The fourth-order valence-corrected chi connectivity index (χ4v) is 3.37. The molecule has 0 fully saturated rings. The van der Waals surface area contributed by atoms with E-state index in [1.54, 1.807) is 11.3 Å². The predicted octanol–water partition coefficient (Wildman–Crippen LogP) is 3.60. The summed E-state index contributed by atoms with van der Waals surface area (Å²) >= 11 is 1.77. The Morgan fingerprint density at radius 2 is 2.22 bits per heavy atom. The molecule has 0 aromatic carbocycles. The molecule has 0 radical (unpaired) electrons. The van der Waals surface area contributed by atoms with Gasteiger partial charge in [0.25, 0.3) is 0 Å². The van der Waals surface area contributed by atoms with Crippen molar-refractivity contribution in [2.24, 2.45) is 0 Å². The maximum atomic E-state index is 12.0. The summed E-state index contributed by atoms with van der Waals surface area (Å²) < 4.78 is 5.42. The normalized spacial score (nSPS) is 15.4. The van der Waals surface area contributed by atoms with Crippen molar-refractivity contribution in [3.8, 4) is 0 Å². The van der Waals surface area contributed by atoms with Crippen LogP contribution < -0.4 is 0 Å². The zero-order valence-corrected chi connectivity index (χ0v) is 12.4. The first-order valence-electron chi connectivity index (χ1n) is 6.46. The number of carbonyl (C=O) groups excluding carboxylic acids is 1. The Balaban J connectivity index is 2.06. The third-order valence-electron chi connectivity index (χ3n) is 3.07. The maximum Gasteiger partial charge on any atom is 0.410 e. The van der Waals surface area contributed by atoms with Gasteiger partial charge in [-0.05, 0) is 50.1 Å². The van der Waals surface area contributed by atoms with Gasteiger partial charge in [-0.15, -0.1) is 11.3 Å². The number of nitrogens with zero attached hydrogens (tertiary/aromatic N) is 1.